The minimum absolute atomic E-state index is 0.238. The Hall–Kier alpha value is -2.41. The number of rotatable bonds is 5. The Labute approximate surface area is 125 Å². The highest BCUT2D eigenvalue weighted by Gasteiger charge is 2.10. The number of thiophene rings is 1. The topological polar surface area (TPSA) is 73.0 Å². The minimum Gasteiger partial charge on any atom is -0.361 e. The lowest BCUT2D eigenvalue weighted by molar-refractivity contribution is 0.0943. The van der Waals surface area contributed by atoms with Crippen LogP contribution in [0.15, 0.2) is 40.4 Å². The lowest BCUT2D eigenvalue weighted by Gasteiger charge is -2.03. The molecule has 0 saturated carbocycles. The Kier molecular flexibility index (Phi) is 3.83. The van der Waals surface area contributed by atoms with Gasteiger partial charge in [0, 0.05) is 18.8 Å². The summed E-state index contributed by atoms with van der Waals surface area (Å²) in [5.41, 5.74) is 1.25. The van der Waals surface area contributed by atoms with Crippen LogP contribution in [0.5, 0.6) is 0 Å². The molecule has 1 N–H and O–H groups in total. The van der Waals surface area contributed by atoms with Gasteiger partial charge in [0.2, 0.25) is 0 Å². The zero-order valence-corrected chi connectivity index (χ0v) is 12.3. The zero-order valence-electron chi connectivity index (χ0n) is 11.4. The predicted octanol–water partition coefficient (Wildman–Crippen LogP) is 2.34. The molecular formula is C14H14N4O2S. The predicted molar refractivity (Wildman–Crippen MR) is 79.1 cm³/mol. The molecule has 6 nitrogen and oxygen atoms in total. The van der Waals surface area contributed by atoms with Gasteiger partial charge >= 0.3 is 0 Å². The maximum absolute atomic E-state index is 11.8. The van der Waals surface area contributed by atoms with Gasteiger partial charge in [-0.2, -0.15) is 5.10 Å². The largest absolute Gasteiger partial charge is 0.361 e. The van der Waals surface area contributed by atoms with E-state index in [9.17, 15) is 4.79 Å². The summed E-state index contributed by atoms with van der Waals surface area (Å²) in [6, 6.07) is 7.61. The first-order chi connectivity index (χ1) is 10.2. The molecule has 0 saturated heterocycles. The molecule has 3 heterocycles. The number of amides is 1. The van der Waals surface area contributed by atoms with Crippen molar-refractivity contribution in [1.82, 2.24) is 20.3 Å². The summed E-state index contributed by atoms with van der Waals surface area (Å²) in [7, 11) is 0. The molecule has 0 aliphatic rings. The van der Waals surface area contributed by atoms with Gasteiger partial charge in [-0.3, -0.25) is 9.48 Å². The molecule has 7 heteroatoms. The normalized spacial score (nSPS) is 10.7. The fraction of sp³-hybridized carbons (Fsp3) is 0.214. The molecule has 21 heavy (non-hydrogen) atoms. The number of aromatic nitrogens is 3. The highest BCUT2D eigenvalue weighted by Crippen LogP contribution is 2.22. The van der Waals surface area contributed by atoms with Crippen molar-refractivity contribution in [2.75, 3.05) is 6.54 Å². The van der Waals surface area contributed by atoms with Crippen molar-refractivity contribution in [1.29, 1.82) is 0 Å². The molecule has 1 amide bonds. The van der Waals surface area contributed by atoms with E-state index in [-0.39, 0.29) is 5.91 Å². The van der Waals surface area contributed by atoms with E-state index in [2.05, 4.69) is 15.6 Å². The highest BCUT2D eigenvalue weighted by molar-refractivity contribution is 7.13. The Balaban J connectivity index is 1.53. The van der Waals surface area contributed by atoms with Gasteiger partial charge in [0.05, 0.1) is 11.4 Å². The summed E-state index contributed by atoms with van der Waals surface area (Å²) in [5.74, 6) is 0.380. The van der Waals surface area contributed by atoms with Crippen molar-refractivity contribution in [2.24, 2.45) is 0 Å². The van der Waals surface area contributed by atoms with Gasteiger partial charge in [0.15, 0.2) is 5.69 Å². The lowest BCUT2D eigenvalue weighted by Crippen LogP contribution is -2.27. The number of nitrogens with one attached hydrogen (secondary N) is 1. The zero-order chi connectivity index (χ0) is 14.7. The Bertz CT molecular complexity index is 730. The quantitative estimate of drug-likeness (QED) is 0.785. The second-order valence-electron chi connectivity index (χ2n) is 4.52. The SMILES string of the molecule is Cc1cc(C(=O)NCCn2ccc(-c3cccs3)n2)no1. The maximum Gasteiger partial charge on any atom is 0.273 e. The highest BCUT2D eigenvalue weighted by atomic mass is 32.1. The molecule has 3 aromatic rings. The van der Waals surface area contributed by atoms with Crippen LogP contribution in [0, 0.1) is 6.92 Å². The number of aryl methyl sites for hydroxylation is 1. The van der Waals surface area contributed by atoms with Crippen LogP contribution in [0.3, 0.4) is 0 Å². The van der Waals surface area contributed by atoms with E-state index in [4.69, 9.17) is 4.52 Å². The first-order valence-electron chi connectivity index (χ1n) is 6.51. The number of hydrogen-bond donors (Lipinski definition) is 1. The lowest BCUT2D eigenvalue weighted by atomic mass is 10.3. The average Bonchev–Trinajstić information content (AvgIpc) is 3.19. The fourth-order valence-electron chi connectivity index (χ4n) is 1.89. The van der Waals surface area contributed by atoms with Crippen molar-refractivity contribution < 1.29 is 9.32 Å². The number of nitrogens with zero attached hydrogens (tertiary/aromatic N) is 3. The molecule has 0 aromatic carbocycles. The van der Waals surface area contributed by atoms with Crippen LogP contribution < -0.4 is 5.32 Å². The molecule has 0 fully saturated rings. The molecule has 108 valence electrons. The summed E-state index contributed by atoms with van der Waals surface area (Å²) in [5, 5.41) is 12.9. The van der Waals surface area contributed by atoms with Crippen molar-refractivity contribution in [3.8, 4) is 10.6 Å². The Morgan fingerprint density at radius 3 is 3.10 bits per heavy atom. The van der Waals surface area contributed by atoms with Crippen LogP contribution in [0.2, 0.25) is 0 Å². The number of carbonyl (C=O) groups excluding carboxylic acids is 1. The third-order valence-corrected chi connectivity index (χ3v) is 3.79. The fourth-order valence-corrected chi connectivity index (χ4v) is 2.58. The monoisotopic (exact) mass is 302 g/mol. The smallest absolute Gasteiger partial charge is 0.273 e. The van der Waals surface area contributed by atoms with Crippen LogP contribution in [-0.2, 0) is 6.54 Å². The third kappa shape index (κ3) is 3.19. The molecule has 0 atom stereocenters. The van der Waals surface area contributed by atoms with Gasteiger partial charge in [0.25, 0.3) is 5.91 Å². The second kappa shape index (κ2) is 5.92. The Morgan fingerprint density at radius 1 is 1.48 bits per heavy atom. The maximum atomic E-state index is 11.8. The van der Waals surface area contributed by atoms with Crippen molar-refractivity contribution in [2.45, 2.75) is 13.5 Å². The molecule has 0 unspecified atom stereocenters. The van der Waals surface area contributed by atoms with Crippen molar-refractivity contribution in [3.63, 3.8) is 0 Å². The molecular weight excluding hydrogens is 288 g/mol. The van der Waals surface area contributed by atoms with E-state index in [0.717, 1.165) is 10.6 Å². The van der Waals surface area contributed by atoms with Gasteiger partial charge in [0.1, 0.15) is 11.5 Å². The van der Waals surface area contributed by atoms with Crippen LogP contribution in [-0.4, -0.2) is 27.4 Å². The molecule has 0 bridgehead atoms. The number of hydrogen-bond acceptors (Lipinski definition) is 5. The standard InChI is InChI=1S/C14H14N4O2S/c1-10-9-12(17-20-10)14(19)15-5-7-18-6-4-11(16-18)13-3-2-8-21-13/h2-4,6,8-9H,5,7H2,1H3,(H,15,19). The van der Waals surface area contributed by atoms with E-state index in [1.54, 1.807) is 24.3 Å². The molecule has 3 rings (SSSR count). The van der Waals surface area contributed by atoms with Gasteiger partial charge in [-0.05, 0) is 24.4 Å². The second-order valence-corrected chi connectivity index (χ2v) is 5.47. The molecule has 0 aliphatic carbocycles. The van der Waals surface area contributed by atoms with Crippen molar-refractivity contribution >= 4 is 17.2 Å². The van der Waals surface area contributed by atoms with Crippen LogP contribution in [0.1, 0.15) is 16.2 Å². The van der Waals surface area contributed by atoms with Gasteiger partial charge in [-0.1, -0.05) is 11.2 Å². The summed E-state index contributed by atoms with van der Waals surface area (Å²) in [6.45, 7) is 2.84. The first kappa shape index (κ1) is 13.6. The average molecular weight is 302 g/mol. The van der Waals surface area contributed by atoms with Crippen LogP contribution in [0.25, 0.3) is 10.6 Å². The molecule has 0 radical (unpaired) electrons. The summed E-state index contributed by atoms with van der Waals surface area (Å²) >= 11 is 1.65. The third-order valence-electron chi connectivity index (χ3n) is 2.90. The van der Waals surface area contributed by atoms with Crippen molar-refractivity contribution in [3.05, 3.63) is 47.3 Å². The van der Waals surface area contributed by atoms with Crippen LogP contribution in [0.4, 0.5) is 0 Å². The molecule has 0 spiro atoms. The Morgan fingerprint density at radius 2 is 2.38 bits per heavy atom. The number of carbonyl (C=O) groups is 1. The van der Waals surface area contributed by atoms with E-state index in [0.29, 0.717) is 24.5 Å². The first-order valence-corrected chi connectivity index (χ1v) is 7.39. The summed E-state index contributed by atoms with van der Waals surface area (Å²) in [6.07, 6.45) is 1.90. The summed E-state index contributed by atoms with van der Waals surface area (Å²) < 4.78 is 6.68. The van der Waals surface area contributed by atoms with Gasteiger partial charge < -0.3 is 9.84 Å². The van der Waals surface area contributed by atoms with E-state index in [1.165, 1.54) is 0 Å². The van der Waals surface area contributed by atoms with E-state index >= 15 is 0 Å². The molecule has 3 aromatic heterocycles. The van der Waals surface area contributed by atoms with Gasteiger partial charge in [-0.25, -0.2) is 0 Å². The van der Waals surface area contributed by atoms with E-state index in [1.807, 2.05) is 34.5 Å². The van der Waals surface area contributed by atoms with Crippen LogP contribution >= 0.6 is 11.3 Å². The summed E-state index contributed by atoms with van der Waals surface area (Å²) in [4.78, 5) is 12.9. The van der Waals surface area contributed by atoms with Gasteiger partial charge in [-0.15, -0.1) is 11.3 Å². The minimum atomic E-state index is -0.238. The molecule has 0 aliphatic heterocycles. The van der Waals surface area contributed by atoms with E-state index < -0.39 is 0 Å².